The molecule has 0 radical (unpaired) electrons. The van der Waals surface area contributed by atoms with Gasteiger partial charge in [0, 0.05) is 18.2 Å². The molecular weight excluding hydrogens is 280 g/mol. The van der Waals surface area contributed by atoms with Crippen LogP contribution in [0.4, 0.5) is 5.69 Å². The van der Waals surface area contributed by atoms with Crippen LogP contribution in [0.2, 0.25) is 0 Å². The maximum absolute atomic E-state index is 12.3. The summed E-state index contributed by atoms with van der Waals surface area (Å²) in [5.74, 6) is 1.11. The van der Waals surface area contributed by atoms with Gasteiger partial charge in [0.25, 0.3) is 5.69 Å². The van der Waals surface area contributed by atoms with E-state index >= 15 is 0 Å². The number of nitrogens with one attached hydrogen (secondary N) is 1. The van der Waals surface area contributed by atoms with Crippen molar-refractivity contribution in [3.8, 4) is 0 Å². The topological polar surface area (TPSA) is 89.3 Å². The van der Waals surface area contributed by atoms with Crippen LogP contribution in [0.3, 0.4) is 0 Å². The lowest BCUT2D eigenvalue weighted by Gasteiger charge is -2.22. The zero-order chi connectivity index (χ0) is 14.3. The highest BCUT2D eigenvalue weighted by Gasteiger charge is 2.41. The number of sulfonamides is 1. The van der Waals surface area contributed by atoms with Crippen LogP contribution in [0.25, 0.3) is 0 Å². The van der Waals surface area contributed by atoms with Crippen LogP contribution in [0.1, 0.15) is 25.7 Å². The third-order valence-electron chi connectivity index (χ3n) is 4.40. The Labute approximate surface area is 117 Å². The average molecular weight is 296 g/mol. The molecule has 0 aliphatic heterocycles. The van der Waals surface area contributed by atoms with Gasteiger partial charge < -0.3 is 0 Å². The summed E-state index contributed by atoms with van der Waals surface area (Å²) in [6.07, 6.45) is 4.34. The van der Waals surface area contributed by atoms with Gasteiger partial charge in [-0.3, -0.25) is 10.1 Å². The van der Waals surface area contributed by atoms with Crippen LogP contribution >= 0.6 is 0 Å². The fourth-order valence-electron chi connectivity index (χ4n) is 3.40. The van der Waals surface area contributed by atoms with Crippen molar-refractivity contribution < 1.29 is 13.3 Å². The second-order valence-electron chi connectivity index (χ2n) is 5.65. The molecule has 2 bridgehead atoms. The van der Waals surface area contributed by atoms with Gasteiger partial charge in [0.15, 0.2) is 0 Å². The number of hydrogen-bond donors (Lipinski definition) is 1. The molecule has 3 atom stereocenters. The summed E-state index contributed by atoms with van der Waals surface area (Å²) in [6, 6.07) is 5.03. The summed E-state index contributed by atoms with van der Waals surface area (Å²) >= 11 is 0. The molecule has 2 aliphatic rings. The van der Waals surface area contributed by atoms with E-state index in [-0.39, 0.29) is 16.6 Å². The fraction of sp³-hybridized carbons (Fsp3) is 0.538. The summed E-state index contributed by atoms with van der Waals surface area (Å²) in [4.78, 5) is 10.1. The van der Waals surface area contributed by atoms with Crippen molar-refractivity contribution in [3.63, 3.8) is 0 Å². The predicted octanol–water partition coefficient (Wildman–Crippen LogP) is 2.06. The molecule has 7 heteroatoms. The molecule has 1 N–H and O–H groups in total. The molecule has 2 fully saturated rings. The van der Waals surface area contributed by atoms with Gasteiger partial charge in [-0.2, -0.15) is 0 Å². The molecule has 0 saturated heterocycles. The van der Waals surface area contributed by atoms with Crippen molar-refractivity contribution in [2.75, 3.05) is 0 Å². The number of fused-ring (bicyclic) bond motifs is 2. The van der Waals surface area contributed by atoms with E-state index in [2.05, 4.69) is 4.72 Å². The molecule has 0 unspecified atom stereocenters. The summed E-state index contributed by atoms with van der Waals surface area (Å²) in [6.45, 7) is 0. The Hall–Kier alpha value is -1.47. The van der Waals surface area contributed by atoms with Crippen LogP contribution in [0.5, 0.6) is 0 Å². The van der Waals surface area contributed by atoms with Crippen molar-refractivity contribution in [2.45, 2.75) is 36.6 Å². The van der Waals surface area contributed by atoms with Crippen LogP contribution < -0.4 is 4.72 Å². The van der Waals surface area contributed by atoms with Gasteiger partial charge >= 0.3 is 0 Å². The SMILES string of the molecule is O=[N+]([O-])c1ccc(S(=O)(=O)N[C@H]2C[C@H]3CC[C@H]2C3)cc1. The van der Waals surface area contributed by atoms with Crippen molar-refractivity contribution in [2.24, 2.45) is 11.8 Å². The average Bonchev–Trinajstić information content (AvgIpc) is 3.00. The van der Waals surface area contributed by atoms with E-state index in [0.717, 1.165) is 19.3 Å². The third-order valence-corrected chi connectivity index (χ3v) is 5.91. The quantitative estimate of drug-likeness (QED) is 0.680. The van der Waals surface area contributed by atoms with Gasteiger partial charge in [-0.05, 0) is 43.2 Å². The molecule has 0 aromatic heterocycles. The Morgan fingerprint density at radius 3 is 2.35 bits per heavy atom. The van der Waals surface area contributed by atoms with Crippen LogP contribution in [-0.4, -0.2) is 19.4 Å². The predicted molar refractivity (Wildman–Crippen MR) is 72.7 cm³/mol. The van der Waals surface area contributed by atoms with Gasteiger partial charge in [0.05, 0.1) is 9.82 Å². The lowest BCUT2D eigenvalue weighted by molar-refractivity contribution is -0.384. The smallest absolute Gasteiger partial charge is 0.258 e. The monoisotopic (exact) mass is 296 g/mol. The number of non-ortho nitro benzene ring substituents is 1. The van der Waals surface area contributed by atoms with Crippen LogP contribution in [0, 0.1) is 22.0 Å². The standard InChI is InChI=1S/C13H16N2O4S/c16-15(17)11-3-5-12(6-4-11)20(18,19)14-13-8-9-1-2-10(13)7-9/h3-6,9-10,13-14H,1-2,7-8H2/t9-,10-,13-/m0/s1. The third kappa shape index (κ3) is 2.43. The van der Waals surface area contributed by atoms with Gasteiger partial charge in [0.1, 0.15) is 0 Å². The number of hydrogen-bond acceptors (Lipinski definition) is 4. The maximum atomic E-state index is 12.3. The molecule has 1 aromatic rings. The van der Waals surface area contributed by atoms with Crippen molar-refractivity contribution >= 4 is 15.7 Å². The van der Waals surface area contributed by atoms with Gasteiger partial charge in [-0.15, -0.1) is 0 Å². The molecule has 0 heterocycles. The van der Waals surface area contributed by atoms with Gasteiger partial charge in [0.2, 0.25) is 10.0 Å². The van der Waals surface area contributed by atoms with E-state index < -0.39 is 14.9 Å². The highest BCUT2D eigenvalue weighted by molar-refractivity contribution is 7.89. The summed E-state index contributed by atoms with van der Waals surface area (Å²) < 4.78 is 27.3. The highest BCUT2D eigenvalue weighted by atomic mass is 32.2. The minimum Gasteiger partial charge on any atom is -0.258 e. The minimum absolute atomic E-state index is 0.0222. The molecule has 2 aliphatic carbocycles. The largest absolute Gasteiger partial charge is 0.269 e. The highest BCUT2D eigenvalue weighted by Crippen LogP contribution is 2.44. The van der Waals surface area contributed by atoms with Crippen LogP contribution in [-0.2, 0) is 10.0 Å². The molecule has 2 saturated carbocycles. The molecule has 108 valence electrons. The normalized spacial score (nSPS) is 28.7. The van der Waals surface area contributed by atoms with Gasteiger partial charge in [-0.1, -0.05) is 6.42 Å². The molecule has 0 spiro atoms. The van der Waals surface area contributed by atoms with Crippen molar-refractivity contribution in [3.05, 3.63) is 34.4 Å². The minimum atomic E-state index is -3.58. The van der Waals surface area contributed by atoms with Gasteiger partial charge in [-0.25, -0.2) is 13.1 Å². The molecule has 20 heavy (non-hydrogen) atoms. The zero-order valence-electron chi connectivity index (χ0n) is 10.9. The Morgan fingerprint density at radius 1 is 1.15 bits per heavy atom. The number of benzene rings is 1. The summed E-state index contributed by atoms with van der Waals surface area (Å²) in [5.41, 5.74) is -0.108. The molecular formula is C13H16N2O4S. The number of nitro benzene ring substituents is 1. The second kappa shape index (κ2) is 4.82. The lowest BCUT2D eigenvalue weighted by atomic mass is 9.96. The first-order valence-electron chi connectivity index (χ1n) is 6.72. The molecule has 1 aromatic carbocycles. The molecule has 0 amide bonds. The molecule has 3 rings (SSSR count). The second-order valence-corrected chi connectivity index (χ2v) is 7.37. The first-order chi connectivity index (χ1) is 9.45. The van der Waals surface area contributed by atoms with E-state index in [1.165, 1.54) is 30.7 Å². The lowest BCUT2D eigenvalue weighted by Crippen LogP contribution is -2.38. The Kier molecular flexibility index (Phi) is 3.25. The summed E-state index contributed by atoms with van der Waals surface area (Å²) in [5, 5.41) is 10.6. The fourth-order valence-corrected chi connectivity index (χ4v) is 4.72. The Bertz CT molecular complexity index is 626. The zero-order valence-corrected chi connectivity index (χ0v) is 11.7. The van der Waals surface area contributed by atoms with E-state index in [0.29, 0.717) is 11.8 Å². The van der Waals surface area contributed by atoms with E-state index in [9.17, 15) is 18.5 Å². The number of nitro groups is 1. The Morgan fingerprint density at radius 2 is 1.85 bits per heavy atom. The number of nitrogens with zero attached hydrogens (tertiary/aromatic N) is 1. The first-order valence-corrected chi connectivity index (χ1v) is 8.21. The van der Waals surface area contributed by atoms with E-state index in [1.807, 2.05) is 0 Å². The van der Waals surface area contributed by atoms with E-state index in [1.54, 1.807) is 0 Å². The van der Waals surface area contributed by atoms with Crippen molar-refractivity contribution in [1.29, 1.82) is 0 Å². The number of rotatable bonds is 4. The molecule has 6 nitrogen and oxygen atoms in total. The first kappa shape index (κ1) is 13.5. The van der Waals surface area contributed by atoms with Crippen LogP contribution in [0.15, 0.2) is 29.2 Å². The Balaban J connectivity index is 1.76. The summed E-state index contributed by atoms with van der Waals surface area (Å²) in [7, 11) is -3.58. The van der Waals surface area contributed by atoms with Crippen molar-refractivity contribution in [1.82, 2.24) is 4.72 Å². The van der Waals surface area contributed by atoms with E-state index in [4.69, 9.17) is 0 Å². The maximum Gasteiger partial charge on any atom is 0.269 e.